The highest BCUT2D eigenvalue weighted by Gasteiger charge is 2.32. The number of hydrogen-bond donors (Lipinski definition) is 1. The van der Waals surface area contributed by atoms with E-state index in [4.69, 9.17) is 4.74 Å². The van der Waals surface area contributed by atoms with Crippen LogP contribution in [-0.2, 0) is 0 Å². The van der Waals surface area contributed by atoms with E-state index >= 15 is 0 Å². The van der Waals surface area contributed by atoms with Gasteiger partial charge in [0.1, 0.15) is 5.75 Å². The Morgan fingerprint density at radius 3 is 2.63 bits per heavy atom. The van der Waals surface area contributed by atoms with Gasteiger partial charge in [0.2, 0.25) is 0 Å². The fourth-order valence-electron chi connectivity index (χ4n) is 2.88. The lowest BCUT2D eigenvalue weighted by molar-refractivity contribution is 0.274. The van der Waals surface area contributed by atoms with Crippen molar-refractivity contribution >= 4 is 5.69 Å². The summed E-state index contributed by atoms with van der Waals surface area (Å²) in [5, 5.41) is 3.70. The summed E-state index contributed by atoms with van der Waals surface area (Å²) >= 11 is 0. The van der Waals surface area contributed by atoms with Crippen molar-refractivity contribution in [2.24, 2.45) is 0 Å². The zero-order valence-corrected chi connectivity index (χ0v) is 12.4. The second-order valence-electron chi connectivity index (χ2n) is 5.24. The average Bonchev–Trinajstić information content (AvgIpc) is 2.48. The van der Waals surface area contributed by atoms with Crippen molar-refractivity contribution < 1.29 is 4.74 Å². The third-order valence-electron chi connectivity index (χ3n) is 4.23. The number of para-hydroxylation sites is 2. The van der Waals surface area contributed by atoms with Crippen molar-refractivity contribution in [2.75, 3.05) is 31.1 Å². The Kier molecular flexibility index (Phi) is 4.70. The van der Waals surface area contributed by atoms with Gasteiger partial charge in [-0.1, -0.05) is 26.0 Å². The summed E-state index contributed by atoms with van der Waals surface area (Å²) in [5.74, 6) is 1.01. The molecule has 19 heavy (non-hydrogen) atoms. The Balaban J connectivity index is 2.21. The molecule has 1 heterocycles. The van der Waals surface area contributed by atoms with Crippen LogP contribution < -0.4 is 15.0 Å². The molecule has 106 valence electrons. The molecule has 1 aliphatic heterocycles. The number of piperazine rings is 1. The van der Waals surface area contributed by atoms with Crippen molar-refractivity contribution in [1.82, 2.24) is 5.32 Å². The molecule has 0 amide bonds. The van der Waals surface area contributed by atoms with E-state index in [1.54, 1.807) is 0 Å². The third kappa shape index (κ3) is 3.03. The molecule has 0 saturated carbocycles. The highest BCUT2D eigenvalue weighted by atomic mass is 16.5. The standard InChI is InChI=1S/C16H26N2O/c1-4-16(5-2)13-18(12-11-17-16)14-9-7-8-10-15(14)19-6-3/h7-10,17H,4-6,11-13H2,1-3H3. The molecular weight excluding hydrogens is 236 g/mol. The molecule has 1 aromatic carbocycles. The van der Waals surface area contributed by atoms with Crippen molar-refractivity contribution in [1.29, 1.82) is 0 Å². The Morgan fingerprint density at radius 2 is 1.95 bits per heavy atom. The zero-order chi connectivity index (χ0) is 13.7. The number of nitrogens with one attached hydrogen (secondary N) is 1. The van der Waals surface area contributed by atoms with Crippen LogP contribution in [-0.4, -0.2) is 31.8 Å². The number of rotatable bonds is 5. The molecule has 0 bridgehead atoms. The predicted molar refractivity (Wildman–Crippen MR) is 81.1 cm³/mol. The van der Waals surface area contributed by atoms with Gasteiger partial charge in [-0.2, -0.15) is 0 Å². The lowest BCUT2D eigenvalue weighted by Crippen LogP contribution is -2.60. The van der Waals surface area contributed by atoms with Gasteiger partial charge < -0.3 is 15.0 Å². The fourth-order valence-corrected chi connectivity index (χ4v) is 2.88. The maximum Gasteiger partial charge on any atom is 0.142 e. The van der Waals surface area contributed by atoms with E-state index in [1.165, 1.54) is 5.69 Å². The molecular formula is C16H26N2O. The van der Waals surface area contributed by atoms with E-state index < -0.39 is 0 Å². The molecule has 1 aliphatic rings. The Hall–Kier alpha value is -1.22. The van der Waals surface area contributed by atoms with Gasteiger partial charge >= 0.3 is 0 Å². The van der Waals surface area contributed by atoms with Crippen LogP contribution in [0.2, 0.25) is 0 Å². The molecule has 1 aromatic rings. The van der Waals surface area contributed by atoms with Crippen LogP contribution in [0.4, 0.5) is 5.69 Å². The van der Waals surface area contributed by atoms with Gasteiger partial charge in [-0.15, -0.1) is 0 Å². The molecule has 0 unspecified atom stereocenters. The molecule has 0 aromatic heterocycles. The first-order valence-corrected chi connectivity index (χ1v) is 7.46. The topological polar surface area (TPSA) is 24.5 Å². The number of anilines is 1. The zero-order valence-electron chi connectivity index (χ0n) is 12.4. The highest BCUT2D eigenvalue weighted by Crippen LogP contribution is 2.31. The van der Waals surface area contributed by atoms with Crippen LogP contribution in [0, 0.1) is 0 Å². The van der Waals surface area contributed by atoms with Gasteiger partial charge in [0.05, 0.1) is 12.3 Å². The Labute approximate surface area is 116 Å². The molecule has 1 saturated heterocycles. The first kappa shape index (κ1) is 14.2. The van der Waals surface area contributed by atoms with Crippen molar-refractivity contribution in [3.63, 3.8) is 0 Å². The van der Waals surface area contributed by atoms with Crippen molar-refractivity contribution in [3.8, 4) is 5.75 Å². The summed E-state index contributed by atoms with van der Waals surface area (Å²) in [5.41, 5.74) is 1.48. The molecule has 1 N–H and O–H groups in total. The fraction of sp³-hybridized carbons (Fsp3) is 0.625. The Morgan fingerprint density at radius 1 is 1.21 bits per heavy atom. The number of nitrogens with zero attached hydrogens (tertiary/aromatic N) is 1. The summed E-state index contributed by atoms with van der Waals surface area (Å²) < 4.78 is 5.76. The van der Waals surface area contributed by atoms with Gasteiger partial charge in [0, 0.05) is 25.2 Å². The number of ether oxygens (including phenoxy) is 1. The minimum atomic E-state index is 0.248. The van der Waals surface area contributed by atoms with Crippen molar-refractivity contribution in [2.45, 2.75) is 39.2 Å². The van der Waals surface area contributed by atoms with Crippen LogP contribution in [0.25, 0.3) is 0 Å². The summed E-state index contributed by atoms with van der Waals surface area (Å²) in [6, 6.07) is 8.38. The lowest BCUT2D eigenvalue weighted by atomic mass is 9.90. The quantitative estimate of drug-likeness (QED) is 0.882. The largest absolute Gasteiger partial charge is 0.492 e. The monoisotopic (exact) mass is 262 g/mol. The summed E-state index contributed by atoms with van der Waals surface area (Å²) in [4.78, 5) is 2.47. The molecule has 3 heteroatoms. The summed E-state index contributed by atoms with van der Waals surface area (Å²) in [6.07, 6.45) is 2.33. The van der Waals surface area contributed by atoms with Crippen molar-refractivity contribution in [3.05, 3.63) is 24.3 Å². The second-order valence-corrected chi connectivity index (χ2v) is 5.24. The minimum absolute atomic E-state index is 0.248. The first-order chi connectivity index (χ1) is 9.24. The van der Waals surface area contributed by atoms with Crippen LogP contribution in [0.3, 0.4) is 0 Å². The summed E-state index contributed by atoms with van der Waals surface area (Å²) in [6.45, 7) is 10.5. The minimum Gasteiger partial charge on any atom is -0.492 e. The van der Waals surface area contributed by atoms with Crippen LogP contribution in [0.1, 0.15) is 33.6 Å². The van der Waals surface area contributed by atoms with E-state index in [-0.39, 0.29) is 5.54 Å². The maximum atomic E-state index is 5.76. The molecule has 3 nitrogen and oxygen atoms in total. The van der Waals surface area contributed by atoms with E-state index in [0.717, 1.165) is 44.8 Å². The van der Waals surface area contributed by atoms with Gasteiger partial charge in [-0.25, -0.2) is 0 Å². The van der Waals surface area contributed by atoms with Gasteiger partial charge in [0.25, 0.3) is 0 Å². The number of benzene rings is 1. The third-order valence-corrected chi connectivity index (χ3v) is 4.23. The molecule has 0 radical (unpaired) electrons. The van der Waals surface area contributed by atoms with Crippen LogP contribution in [0.15, 0.2) is 24.3 Å². The average molecular weight is 262 g/mol. The molecule has 0 aliphatic carbocycles. The van der Waals surface area contributed by atoms with E-state index in [0.29, 0.717) is 0 Å². The van der Waals surface area contributed by atoms with E-state index in [9.17, 15) is 0 Å². The Bertz CT molecular complexity index is 401. The molecule has 1 fully saturated rings. The summed E-state index contributed by atoms with van der Waals surface area (Å²) in [7, 11) is 0. The number of hydrogen-bond acceptors (Lipinski definition) is 3. The predicted octanol–water partition coefficient (Wildman–Crippen LogP) is 3.05. The van der Waals surface area contributed by atoms with E-state index in [2.05, 4.69) is 42.3 Å². The molecule has 0 atom stereocenters. The maximum absolute atomic E-state index is 5.76. The van der Waals surface area contributed by atoms with Gasteiger partial charge in [0.15, 0.2) is 0 Å². The first-order valence-electron chi connectivity index (χ1n) is 7.46. The highest BCUT2D eigenvalue weighted by molar-refractivity contribution is 5.59. The van der Waals surface area contributed by atoms with Gasteiger partial charge in [-0.3, -0.25) is 0 Å². The molecule has 2 rings (SSSR count). The van der Waals surface area contributed by atoms with E-state index in [1.807, 2.05) is 13.0 Å². The lowest BCUT2D eigenvalue weighted by Gasteiger charge is -2.44. The van der Waals surface area contributed by atoms with Crippen LogP contribution >= 0.6 is 0 Å². The molecule has 0 spiro atoms. The second kappa shape index (κ2) is 6.29. The smallest absolute Gasteiger partial charge is 0.142 e. The normalized spacial score (nSPS) is 18.4. The van der Waals surface area contributed by atoms with Gasteiger partial charge in [-0.05, 0) is 31.9 Å². The van der Waals surface area contributed by atoms with Crippen LogP contribution in [0.5, 0.6) is 5.75 Å². The SMILES string of the molecule is CCOc1ccccc1N1CCNC(CC)(CC)C1.